The van der Waals surface area contributed by atoms with Gasteiger partial charge in [0.25, 0.3) is 0 Å². The number of benzene rings is 1. The van der Waals surface area contributed by atoms with Gasteiger partial charge in [-0.3, -0.25) is 4.99 Å². The van der Waals surface area contributed by atoms with Gasteiger partial charge in [-0.05, 0) is 56.5 Å². The quantitative estimate of drug-likeness (QED) is 0.324. The van der Waals surface area contributed by atoms with Gasteiger partial charge in [0.05, 0.1) is 6.54 Å². The van der Waals surface area contributed by atoms with Crippen molar-refractivity contribution >= 4 is 47.4 Å². The smallest absolute Gasteiger partial charge is 0.191 e. The number of ether oxygens (including phenoxy) is 1. The molecule has 1 saturated heterocycles. The second kappa shape index (κ2) is 12.2. The topological polar surface area (TPSA) is 61.8 Å². The van der Waals surface area contributed by atoms with Gasteiger partial charge >= 0.3 is 0 Å². The Labute approximate surface area is 201 Å². The highest BCUT2D eigenvalue weighted by atomic mass is 127. The molecule has 164 valence electrons. The van der Waals surface area contributed by atoms with Crippen LogP contribution in [0.1, 0.15) is 25.3 Å². The Bertz CT molecular complexity index is 809. The standard InChI is InChI=1S/C22H30ClN5O.HI/c1-16-7-8-21(25-14-16)28-11-9-19(10-12-28)27-22(24-3)26-15-17(2)29-20-6-4-5-18(23)13-20;/h4-8,13-14,17,19H,9-12,15H2,1-3H3,(H2,24,26,27);1H. The zero-order chi connectivity index (χ0) is 20.6. The van der Waals surface area contributed by atoms with Gasteiger partial charge in [-0.2, -0.15) is 0 Å². The molecule has 1 aliphatic heterocycles. The Hall–Kier alpha value is -1.74. The van der Waals surface area contributed by atoms with E-state index >= 15 is 0 Å². The predicted octanol–water partition coefficient (Wildman–Crippen LogP) is 4.26. The average molecular weight is 544 g/mol. The van der Waals surface area contributed by atoms with Crippen molar-refractivity contribution in [3.05, 3.63) is 53.2 Å². The normalized spacial score (nSPS) is 15.9. The summed E-state index contributed by atoms with van der Waals surface area (Å²) in [6, 6.07) is 12.1. The Morgan fingerprint density at radius 1 is 1.30 bits per heavy atom. The van der Waals surface area contributed by atoms with E-state index in [2.05, 4.69) is 44.6 Å². The van der Waals surface area contributed by atoms with Gasteiger partial charge in [0, 0.05) is 37.4 Å². The van der Waals surface area contributed by atoms with Crippen LogP contribution in [0.2, 0.25) is 5.02 Å². The van der Waals surface area contributed by atoms with Gasteiger partial charge < -0.3 is 20.3 Å². The molecule has 0 aliphatic carbocycles. The summed E-state index contributed by atoms with van der Waals surface area (Å²) < 4.78 is 5.91. The number of nitrogens with zero attached hydrogens (tertiary/aromatic N) is 3. The molecule has 6 nitrogen and oxygen atoms in total. The second-order valence-electron chi connectivity index (χ2n) is 7.44. The summed E-state index contributed by atoms with van der Waals surface area (Å²) in [5.41, 5.74) is 1.19. The number of guanidine groups is 1. The minimum absolute atomic E-state index is 0. The zero-order valence-corrected chi connectivity index (χ0v) is 20.9. The number of halogens is 2. The van der Waals surface area contributed by atoms with Crippen LogP contribution < -0.4 is 20.3 Å². The Balaban J connectivity index is 0.00000320. The van der Waals surface area contributed by atoms with Crippen molar-refractivity contribution in [2.75, 3.05) is 31.6 Å². The number of anilines is 1. The number of rotatable bonds is 6. The maximum atomic E-state index is 6.01. The first-order valence-corrected chi connectivity index (χ1v) is 10.5. The lowest BCUT2D eigenvalue weighted by molar-refractivity contribution is 0.223. The van der Waals surface area contributed by atoms with Gasteiger partial charge in [-0.15, -0.1) is 24.0 Å². The monoisotopic (exact) mass is 543 g/mol. The largest absolute Gasteiger partial charge is 0.489 e. The first-order chi connectivity index (χ1) is 14.0. The van der Waals surface area contributed by atoms with Crippen LogP contribution >= 0.6 is 35.6 Å². The minimum atomic E-state index is -0.0125. The number of piperidine rings is 1. The molecule has 2 N–H and O–H groups in total. The number of aromatic nitrogens is 1. The van der Waals surface area contributed by atoms with Crippen LogP contribution in [0.15, 0.2) is 47.6 Å². The molecule has 2 heterocycles. The van der Waals surface area contributed by atoms with E-state index in [4.69, 9.17) is 16.3 Å². The third kappa shape index (κ3) is 7.50. The molecule has 1 atom stereocenters. The maximum Gasteiger partial charge on any atom is 0.191 e. The van der Waals surface area contributed by atoms with Gasteiger partial charge in [0.2, 0.25) is 0 Å². The first-order valence-electron chi connectivity index (χ1n) is 10.1. The van der Waals surface area contributed by atoms with Gasteiger partial charge in [0.1, 0.15) is 17.7 Å². The van der Waals surface area contributed by atoms with E-state index < -0.39 is 0 Å². The van der Waals surface area contributed by atoms with E-state index in [9.17, 15) is 0 Å². The maximum absolute atomic E-state index is 6.01. The molecule has 1 fully saturated rings. The summed E-state index contributed by atoms with van der Waals surface area (Å²) in [5, 5.41) is 7.56. The van der Waals surface area contributed by atoms with E-state index in [0.29, 0.717) is 17.6 Å². The lowest BCUT2D eigenvalue weighted by atomic mass is 10.1. The van der Waals surface area contributed by atoms with E-state index in [1.54, 1.807) is 7.05 Å². The third-order valence-corrected chi connectivity index (χ3v) is 5.20. The zero-order valence-electron chi connectivity index (χ0n) is 17.8. The van der Waals surface area contributed by atoms with E-state index in [0.717, 1.165) is 43.5 Å². The molecule has 2 aromatic rings. The van der Waals surface area contributed by atoms with Crippen LogP contribution in [0.25, 0.3) is 0 Å². The molecule has 0 amide bonds. The van der Waals surface area contributed by atoms with Crippen LogP contribution in [-0.4, -0.2) is 49.8 Å². The molecule has 30 heavy (non-hydrogen) atoms. The Morgan fingerprint density at radius 3 is 2.70 bits per heavy atom. The van der Waals surface area contributed by atoms with Crippen molar-refractivity contribution in [2.24, 2.45) is 4.99 Å². The molecule has 1 aliphatic rings. The van der Waals surface area contributed by atoms with E-state index in [1.807, 2.05) is 37.4 Å². The molecule has 8 heteroatoms. The van der Waals surface area contributed by atoms with Crippen LogP contribution in [0.5, 0.6) is 5.75 Å². The summed E-state index contributed by atoms with van der Waals surface area (Å²) in [4.78, 5) is 11.2. The molecule has 1 unspecified atom stereocenters. The average Bonchev–Trinajstić information content (AvgIpc) is 2.72. The molecular weight excluding hydrogens is 513 g/mol. The number of aliphatic imine (C=N–C) groups is 1. The summed E-state index contributed by atoms with van der Waals surface area (Å²) in [6.07, 6.45) is 4.01. The summed E-state index contributed by atoms with van der Waals surface area (Å²) in [5.74, 6) is 2.63. The Morgan fingerprint density at radius 2 is 2.07 bits per heavy atom. The fourth-order valence-electron chi connectivity index (χ4n) is 3.34. The van der Waals surface area contributed by atoms with E-state index in [-0.39, 0.29) is 30.1 Å². The summed E-state index contributed by atoms with van der Waals surface area (Å²) in [7, 11) is 1.79. The van der Waals surface area contributed by atoms with Crippen LogP contribution in [0, 0.1) is 6.92 Å². The number of hydrogen-bond acceptors (Lipinski definition) is 4. The van der Waals surface area contributed by atoms with E-state index in [1.165, 1.54) is 5.56 Å². The molecule has 0 saturated carbocycles. The van der Waals surface area contributed by atoms with Crippen LogP contribution in [0.4, 0.5) is 5.82 Å². The first kappa shape index (κ1) is 24.5. The minimum Gasteiger partial charge on any atom is -0.489 e. The number of nitrogens with one attached hydrogen (secondary N) is 2. The van der Waals surface area contributed by atoms with Crippen molar-refractivity contribution in [1.82, 2.24) is 15.6 Å². The number of hydrogen-bond donors (Lipinski definition) is 2. The molecular formula is C22H31ClIN5O. The summed E-state index contributed by atoms with van der Waals surface area (Å²) >= 11 is 6.01. The number of pyridine rings is 1. The second-order valence-corrected chi connectivity index (χ2v) is 7.87. The van der Waals surface area contributed by atoms with Crippen LogP contribution in [0.3, 0.4) is 0 Å². The Kier molecular flexibility index (Phi) is 9.97. The van der Waals surface area contributed by atoms with Gasteiger partial charge in [-0.1, -0.05) is 23.7 Å². The van der Waals surface area contributed by atoms with Gasteiger partial charge in [-0.25, -0.2) is 4.98 Å². The lowest BCUT2D eigenvalue weighted by Gasteiger charge is -2.34. The molecule has 0 bridgehead atoms. The highest BCUT2D eigenvalue weighted by molar-refractivity contribution is 14.0. The lowest BCUT2D eigenvalue weighted by Crippen LogP contribution is -2.50. The fourth-order valence-corrected chi connectivity index (χ4v) is 3.52. The highest BCUT2D eigenvalue weighted by Gasteiger charge is 2.21. The predicted molar refractivity (Wildman–Crippen MR) is 136 cm³/mol. The molecule has 0 spiro atoms. The van der Waals surface area contributed by atoms with Crippen molar-refractivity contribution in [3.8, 4) is 5.75 Å². The van der Waals surface area contributed by atoms with Crippen molar-refractivity contribution in [1.29, 1.82) is 0 Å². The number of aryl methyl sites for hydroxylation is 1. The fraction of sp³-hybridized carbons (Fsp3) is 0.455. The van der Waals surface area contributed by atoms with Crippen molar-refractivity contribution < 1.29 is 4.74 Å². The highest BCUT2D eigenvalue weighted by Crippen LogP contribution is 2.19. The molecule has 0 radical (unpaired) electrons. The SMILES string of the molecule is CN=C(NCC(C)Oc1cccc(Cl)c1)NC1CCN(c2ccc(C)cn2)CC1.I. The van der Waals surface area contributed by atoms with Crippen LogP contribution in [-0.2, 0) is 0 Å². The third-order valence-electron chi connectivity index (χ3n) is 4.97. The summed E-state index contributed by atoms with van der Waals surface area (Å²) in [6.45, 7) is 6.71. The molecule has 1 aromatic heterocycles. The van der Waals surface area contributed by atoms with Crippen molar-refractivity contribution in [2.45, 2.75) is 38.8 Å². The van der Waals surface area contributed by atoms with Crippen molar-refractivity contribution in [3.63, 3.8) is 0 Å². The van der Waals surface area contributed by atoms with Gasteiger partial charge in [0.15, 0.2) is 5.96 Å². The molecule has 3 rings (SSSR count). The molecule has 1 aromatic carbocycles.